The molecular weight excluding hydrogens is 278 g/mol. The number of hydrogen-bond donors (Lipinski definition) is 1. The van der Waals surface area contributed by atoms with Crippen LogP contribution in [0.3, 0.4) is 0 Å². The van der Waals surface area contributed by atoms with Crippen LogP contribution in [0.15, 0.2) is 12.1 Å². The summed E-state index contributed by atoms with van der Waals surface area (Å²) in [6.45, 7) is 6.73. The minimum absolute atomic E-state index is 0.0274. The first-order valence-corrected chi connectivity index (χ1v) is 6.90. The molecule has 6 heteroatoms. The molecule has 0 saturated carbocycles. The molecule has 0 aromatic heterocycles. The molecule has 114 valence electrons. The Morgan fingerprint density at radius 2 is 1.86 bits per heavy atom. The highest BCUT2D eigenvalue weighted by Crippen LogP contribution is 2.33. The summed E-state index contributed by atoms with van der Waals surface area (Å²) in [6.07, 6.45) is 0. The standard InChI is InChI=1S/C15H18F2N2O2/c1-8(2)18-6-9(3)7-19-13-11(14(20)15(19)21)4-10(16)5-12(13)17/h4-5,8-9,18H,6-7H2,1-3H3. The third-order valence-electron chi connectivity index (χ3n) is 3.35. The van der Waals surface area contributed by atoms with Crippen LogP contribution in [0, 0.1) is 17.6 Å². The van der Waals surface area contributed by atoms with Gasteiger partial charge < -0.3 is 10.2 Å². The van der Waals surface area contributed by atoms with Gasteiger partial charge in [0.1, 0.15) is 5.82 Å². The van der Waals surface area contributed by atoms with E-state index in [-0.39, 0.29) is 23.7 Å². The Labute approximate surface area is 122 Å². The van der Waals surface area contributed by atoms with Crippen LogP contribution in [0.1, 0.15) is 31.1 Å². The molecule has 1 aromatic carbocycles. The summed E-state index contributed by atoms with van der Waals surface area (Å²) in [7, 11) is 0. The predicted octanol–water partition coefficient (Wildman–Crippen LogP) is 2.13. The average Bonchev–Trinajstić information content (AvgIpc) is 2.62. The number of rotatable bonds is 5. The second kappa shape index (κ2) is 5.89. The highest BCUT2D eigenvalue weighted by Gasteiger charge is 2.39. The minimum atomic E-state index is -0.881. The van der Waals surface area contributed by atoms with Crippen molar-refractivity contribution >= 4 is 17.4 Å². The molecule has 1 heterocycles. The molecule has 0 spiro atoms. The summed E-state index contributed by atoms with van der Waals surface area (Å²) in [4.78, 5) is 24.9. The van der Waals surface area contributed by atoms with E-state index in [0.717, 1.165) is 11.0 Å². The van der Waals surface area contributed by atoms with Gasteiger partial charge in [-0.05, 0) is 18.5 Å². The Morgan fingerprint density at radius 3 is 2.48 bits per heavy atom. The van der Waals surface area contributed by atoms with E-state index < -0.39 is 23.3 Å². The SMILES string of the molecule is CC(CNC(C)C)CN1C(=O)C(=O)c2cc(F)cc(F)c21. The zero-order chi connectivity index (χ0) is 15.7. The Morgan fingerprint density at radius 1 is 1.19 bits per heavy atom. The van der Waals surface area contributed by atoms with Crippen molar-refractivity contribution < 1.29 is 18.4 Å². The van der Waals surface area contributed by atoms with Crippen molar-refractivity contribution in [2.75, 3.05) is 18.0 Å². The maximum absolute atomic E-state index is 13.9. The van der Waals surface area contributed by atoms with Crippen LogP contribution in [0.5, 0.6) is 0 Å². The number of nitrogens with one attached hydrogen (secondary N) is 1. The van der Waals surface area contributed by atoms with Crippen LogP contribution < -0.4 is 10.2 Å². The average molecular weight is 296 g/mol. The molecule has 0 aliphatic carbocycles. The van der Waals surface area contributed by atoms with Gasteiger partial charge in [-0.2, -0.15) is 0 Å². The lowest BCUT2D eigenvalue weighted by molar-refractivity contribution is -0.114. The molecule has 1 aliphatic rings. The molecular formula is C15H18F2N2O2. The van der Waals surface area contributed by atoms with Gasteiger partial charge in [-0.3, -0.25) is 9.59 Å². The largest absolute Gasteiger partial charge is 0.314 e. The van der Waals surface area contributed by atoms with E-state index >= 15 is 0 Å². The maximum Gasteiger partial charge on any atom is 0.299 e. The van der Waals surface area contributed by atoms with Crippen LogP contribution in [-0.4, -0.2) is 30.8 Å². The number of nitrogens with zero attached hydrogens (tertiary/aromatic N) is 1. The third-order valence-corrected chi connectivity index (χ3v) is 3.35. The second-order valence-electron chi connectivity index (χ2n) is 5.70. The van der Waals surface area contributed by atoms with Gasteiger partial charge >= 0.3 is 0 Å². The highest BCUT2D eigenvalue weighted by atomic mass is 19.1. The third kappa shape index (κ3) is 3.10. The molecule has 1 aliphatic heterocycles. The van der Waals surface area contributed by atoms with Gasteiger partial charge in [0, 0.05) is 18.7 Å². The van der Waals surface area contributed by atoms with Crippen molar-refractivity contribution in [3.05, 3.63) is 29.3 Å². The van der Waals surface area contributed by atoms with Gasteiger partial charge in [0.05, 0.1) is 11.3 Å². The topological polar surface area (TPSA) is 49.4 Å². The zero-order valence-electron chi connectivity index (χ0n) is 12.2. The van der Waals surface area contributed by atoms with Crippen molar-refractivity contribution in [1.82, 2.24) is 5.32 Å². The molecule has 1 atom stereocenters. The van der Waals surface area contributed by atoms with Crippen molar-refractivity contribution in [2.24, 2.45) is 5.92 Å². The summed E-state index contributed by atoms with van der Waals surface area (Å²) < 4.78 is 27.1. The van der Waals surface area contributed by atoms with Crippen molar-refractivity contribution in [3.8, 4) is 0 Å². The molecule has 0 saturated heterocycles. The van der Waals surface area contributed by atoms with Crippen LogP contribution in [0.4, 0.5) is 14.5 Å². The molecule has 1 N–H and O–H groups in total. The number of anilines is 1. The smallest absolute Gasteiger partial charge is 0.299 e. The zero-order valence-corrected chi connectivity index (χ0v) is 12.2. The lowest BCUT2D eigenvalue weighted by atomic mass is 10.1. The quantitative estimate of drug-likeness (QED) is 0.847. The van der Waals surface area contributed by atoms with E-state index in [4.69, 9.17) is 0 Å². The van der Waals surface area contributed by atoms with E-state index in [1.807, 2.05) is 20.8 Å². The van der Waals surface area contributed by atoms with Gasteiger partial charge in [0.25, 0.3) is 11.7 Å². The number of halogens is 2. The lowest BCUT2D eigenvalue weighted by Gasteiger charge is -2.22. The summed E-state index contributed by atoms with van der Waals surface area (Å²) in [6, 6.07) is 1.89. The molecule has 4 nitrogen and oxygen atoms in total. The normalized spacial score (nSPS) is 15.8. The first kappa shape index (κ1) is 15.6. The first-order valence-electron chi connectivity index (χ1n) is 6.90. The van der Waals surface area contributed by atoms with Crippen LogP contribution >= 0.6 is 0 Å². The minimum Gasteiger partial charge on any atom is -0.314 e. The molecule has 0 radical (unpaired) electrons. The monoisotopic (exact) mass is 296 g/mol. The number of carbonyl (C=O) groups is 2. The summed E-state index contributed by atoms with van der Waals surface area (Å²) in [5.41, 5.74) is -0.302. The number of hydrogen-bond acceptors (Lipinski definition) is 3. The van der Waals surface area contributed by atoms with E-state index in [9.17, 15) is 18.4 Å². The summed E-state index contributed by atoms with van der Waals surface area (Å²) >= 11 is 0. The van der Waals surface area contributed by atoms with Gasteiger partial charge in [0.15, 0.2) is 5.82 Å². The molecule has 0 fully saturated rings. The number of fused-ring (bicyclic) bond motifs is 1. The van der Waals surface area contributed by atoms with Crippen molar-refractivity contribution in [2.45, 2.75) is 26.8 Å². The Kier molecular flexibility index (Phi) is 4.37. The number of carbonyl (C=O) groups excluding carboxylic acids is 2. The van der Waals surface area contributed by atoms with Gasteiger partial charge in [0.2, 0.25) is 0 Å². The second-order valence-corrected chi connectivity index (χ2v) is 5.70. The van der Waals surface area contributed by atoms with Crippen molar-refractivity contribution in [1.29, 1.82) is 0 Å². The lowest BCUT2D eigenvalue weighted by Crippen LogP contribution is -2.38. The first-order chi connectivity index (χ1) is 9.81. The summed E-state index contributed by atoms with van der Waals surface area (Å²) in [5.74, 6) is -3.37. The molecule has 1 amide bonds. The maximum atomic E-state index is 13.9. The van der Waals surface area contributed by atoms with Crippen molar-refractivity contribution in [3.63, 3.8) is 0 Å². The number of Topliss-reactive ketones (excluding diaryl/α,β-unsaturated/α-hetero) is 1. The van der Waals surface area contributed by atoms with Gasteiger partial charge in [-0.15, -0.1) is 0 Å². The number of amides is 1. The Bertz CT molecular complexity index is 587. The molecule has 2 rings (SSSR count). The molecule has 1 unspecified atom stereocenters. The van der Waals surface area contributed by atoms with E-state index in [2.05, 4.69) is 5.32 Å². The fourth-order valence-electron chi connectivity index (χ4n) is 2.34. The van der Waals surface area contributed by atoms with E-state index in [1.165, 1.54) is 0 Å². The number of ketones is 1. The van der Waals surface area contributed by atoms with E-state index in [1.54, 1.807) is 0 Å². The van der Waals surface area contributed by atoms with Gasteiger partial charge in [-0.1, -0.05) is 20.8 Å². The predicted molar refractivity (Wildman–Crippen MR) is 75.3 cm³/mol. The van der Waals surface area contributed by atoms with Gasteiger partial charge in [-0.25, -0.2) is 8.78 Å². The van der Waals surface area contributed by atoms with E-state index in [0.29, 0.717) is 18.7 Å². The number of benzene rings is 1. The highest BCUT2D eigenvalue weighted by molar-refractivity contribution is 6.52. The fraction of sp³-hybridized carbons (Fsp3) is 0.467. The molecule has 21 heavy (non-hydrogen) atoms. The Balaban J connectivity index is 2.23. The molecule has 1 aromatic rings. The van der Waals surface area contributed by atoms with Crippen LogP contribution in [0.2, 0.25) is 0 Å². The fourth-order valence-corrected chi connectivity index (χ4v) is 2.34. The summed E-state index contributed by atoms with van der Waals surface area (Å²) in [5, 5.41) is 3.22. The Hall–Kier alpha value is -1.82. The van der Waals surface area contributed by atoms with Crippen LogP contribution in [0.25, 0.3) is 0 Å². The molecule has 0 bridgehead atoms. The van der Waals surface area contributed by atoms with Crippen LogP contribution in [-0.2, 0) is 4.79 Å².